The number of halogens is 1. The summed E-state index contributed by atoms with van der Waals surface area (Å²) >= 11 is 0. The molecule has 0 atom stereocenters. The van der Waals surface area contributed by atoms with E-state index in [0.29, 0.717) is 0 Å². The third-order valence-corrected chi connectivity index (χ3v) is 4.87. The van der Waals surface area contributed by atoms with Gasteiger partial charge in [-0.15, -0.1) is 17.0 Å². The predicted molar refractivity (Wildman–Crippen MR) is 118 cm³/mol. The molecule has 29 heavy (non-hydrogen) atoms. The molecule has 0 saturated heterocycles. The van der Waals surface area contributed by atoms with Gasteiger partial charge < -0.3 is 24.6 Å². The van der Waals surface area contributed by atoms with Crippen LogP contribution in [0.2, 0.25) is 0 Å². The van der Waals surface area contributed by atoms with Gasteiger partial charge in [-0.05, 0) is 30.9 Å². The zero-order valence-corrected chi connectivity index (χ0v) is 18.9. The van der Waals surface area contributed by atoms with E-state index in [4.69, 9.17) is 5.11 Å². The third kappa shape index (κ3) is 7.64. The molecule has 0 aliphatic carbocycles. The quantitative estimate of drug-likeness (QED) is 0.504. The van der Waals surface area contributed by atoms with Gasteiger partial charge >= 0.3 is 0 Å². The Morgan fingerprint density at radius 2 is 1.38 bits per heavy atom. The van der Waals surface area contributed by atoms with Gasteiger partial charge in [-0.1, -0.05) is 66.6 Å². The number of carbonyl (C=O) groups excluding carboxylic acids is 1. The molecule has 0 radical (unpaired) electrons. The third-order valence-electron chi connectivity index (χ3n) is 4.87. The van der Waals surface area contributed by atoms with Crippen LogP contribution in [0.4, 0.5) is 0 Å². The summed E-state index contributed by atoms with van der Waals surface area (Å²) in [6, 6.07) is 16.4. The average Bonchev–Trinajstić information content (AvgIpc) is 2.74. The fourth-order valence-electron chi connectivity index (χ4n) is 2.51. The molecule has 0 spiro atoms. The first-order valence-electron chi connectivity index (χ1n) is 9.29. The molecule has 0 heterocycles. The van der Waals surface area contributed by atoms with E-state index in [2.05, 4.69) is 32.7 Å². The van der Waals surface area contributed by atoms with E-state index in [1.807, 2.05) is 0 Å². The molecule has 5 nitrogen and oxygen atoms in total. The van der Waals surface area contributed by atoms with Crippen molar-refractivity contribution in [2.75, 3.05) is 33.3 Å². The van der Waals surface area contributed by atoms with Crippen LogP contribution in [0.1, 0.15) is 25.0 Å². The second-order valence-electron chi connectivity index (χ2n) is 6.65. The summed E-state index contributed by atoms with van der Waals surface area (Å²) in [6.45, 7) is 7.32. The van der Waals surface area contributed by atoms with Crippen molar-refractivity contribution in [1.29, 1.82) is 0 Å². The number of quaternary nitrogens is 1. The maximum Gasteiger partial charge on any atom is 0.154 e. The highest BCUT2D eigenvalue weighted by molar-refractivity contribution is 8.93. The lowest BCUT2D eigenvalue weighted by Gasteiger charge is -2.30. The van der Waals surface area contributed by atoms with Gasteiger partial charge in [-0.2, -0.15) is 0 Å². The van der Waals surface area contributed by atoms with Gasteiger partial charge in [0.2, 0.25) is 0 Å². The molecular weight excluding hydrogens is 434 g/mol. The topological polar surface area (TPSA) is 80.6 Å². The molecule has 0 aromatic heterocycles. The summed E-state index contributed by atoms with van der Waals surface area (Å²) in [7, 11) is 2.17. The Labute approximate surface area is 184 Å². The molecule has 0 bridgehead atoms. The molecule has 2 aromatic rings. The summed E-state index contributed by atoms with van der Waals surface area (Å²) in [4.78, 5) is 11.3. The number of nitrogens with zero attached hydrogens (tertiary/aromatic N) is 1. The zero-order chi connectivity index (χ0) is 21.0. The van der Waals surface area contributed by atoms with E-state index in [9.17, 15) is 15.0 Å². The maximum absolute atomic E-state index is 11.3. The summed E-state index contributed by atoms with van der Waals surface area (Å²) < 4.78 is 0.965. The predicted octanol–water partition coefficient (Wildman–Crippen LogP) is 1.72. The molecular formula is C23H30BrNO4. The van der Waals surface area contributed by atoms with E-state index < -0.39 is 11.6 Å². The van der Waals surface area contributed by atoms with Gasteiger partial charge in [0.15, 0.2) is 5.60 Å². The Morgan fingerprint density at radius 3 is 1.69 bits per heavy atom. The van der Waals surface area contributed by atoms with Crippen molar-refractivity contribution in [2.45, 2.75) is 19.4 Å². The van der Waals surface area contributed by atoms with Crippen molar-refractivity contribution in [3.63, 3.8) is 0 Å². The Bertz CT molecular complexity index is 741. The Balaban J connectivity index is 0.000000576. The number of rotatable bonds is 6. The highest BCUT2D eigenvalue weighted by atomic mass is 79.9. The molecule has 0 fully saturated rings. The number of hydrogen-bond donors (Lipinski definition) is 2. The van der Waals surface area contributed by atoms with Crippen LogP contribution in [0.15, 0.2) is 60.7 Å². The summed E-state index contributed by atoms with van der Waals surface area (Å²) in [5.74, 6) is 4.08. The van der Waals surface area contributed by atoms with Crippen LogP contribution in [0, 0.1) is 11.8 Å². The minimum absolute atomic E-state index is 0. The Morgan fingerprint density at radius 1 is 0.966 bits per heavy atom. The first-order valence-corrected chi connectivity index (χ1v) is 9.29. The van der Waals surface area contributed by atoms with Crippen LogP contribution >= 0.6 is 17.0 Å². The number of aliphatic carboxylic acids is 1. The fraction of sp³-hybridized carbons (Fsp3) is 0.348. The number of hydrogen-bond acceptors (Lipinski definition) is 4. The van der Waals surface area contributed by atoms with Gasteiger partial charge in [0, 0.05) is 0 Å². The van der Waals surface area contributed by atoms with Crippen LogP contribution < -0.4 is 5.11 Å². The minimum Gasteiger partial charge on any atom is -0.546 e. The molecule has 0 aliphatic heterocycles. The average molecular weight is 464 g/mol. The summed E-state index contributed by atoms with van der Waals surface area (Å²) in [6.07, 6.45) is 0. The molecule has 2 aromatic carbocycles. The zero-order valence-electron chi connectivity index (χ0n) is 17.2. The molecule has 0 saturated carbocycles. The van der Waals surface area contributed by atoms with Crippen molar-refractivity contribution in [2.24, 2.45) is 0 Å². The van der Waals surface area contributed by atoms with E-state index in [0.717, 1.165) is 24.1 Å². The Hall–Kier alpha value is -2.17. The minimum atomic E-state index is -2.11. The highest BCUT2D eigenvalue weighted by Gasteiger charge is 2.32. The van der Waals surface area contributed by atoms with E-state index >= 15 is 0 Å². The van der Waals surface area contributed by atoms with Crippen molar-refractivity contribution in [3.8, 4) is 11.8 Å². The lowest BCUT2D eigenvalue weighted by molar-refractivity contribution is -0.899. The van der Waals surface area contributed by atoms with Crippen molar-refractivity contribution < 1.29 is 24.6 Å². The lowest BCUT2D eigenvalue weighted by atomic mass is 9.86. The van der Waals surface area contributed by atoms with Gasteiger partial charge in [0.05, 0.1) is 26.1 Å². The number of carboxylic acids is 1. The monoisotopic (exact) mass is 463 g/mol. The van der Waals surface area contributed by atoms with Crippen LogP contribution in [-0.4, -0.2) is 54.0 Å². The van der Waals surface area contributed by atoms with Gasteiger partial charge in [-0.3, -0.25) is 0 Å². The number of carbonyl (C=O) groups is 1. The lowest BCUT2D eigenvalue weighted by Crippen LogP contribution is -2.46. The van der Waals surface area contributed by atoms with Gasteiger partial charge in [0.1, 0.15) is 13.2 Å². The summed E-state index contributed by atoms with van der Waals surface area (Å²) in [5.41, 5.74) is -1.54. The molecule has 0 unspecified atom stereocenters. The van der Waals surface area contributed by atoms with Crippen LogP contribution in [-0.2, 0) is 10.4 Å². The van der Waals surface area contributed by atoms with Crippen LogP contribution in [0.25, 0.3) is 0 Å². The second-order valence-corrected chi connectivity index (χ2v) is 6.65. The van der Waals surface area contributed by atoms with Gasteiger partial charge in [-0.25, -0.2) is 0 Å². The first-order chi connectivity index (χ1) is 13.3. The number of carboxylic acid groups (broad SMARTS) is 1. The maximum atomic E-state index is 11.3. The number of aliphatic hydroxyl groups is 2. The van der Waals surface area contributed by atoms with E-state index in [-0.39, 0.29) is 34.7 Å². The largest absolute Gasteiger partial charge is 0.546 e. The number of aliphatic hydroxyl groups excluding tert-OH is 1. The van der Waals surface area contributed by atoms with Gasteiger partial charge in [0.25, 0.3) is 0 Å². The highest BCUT2D eigenvalue weighted by Crippen LogP contribution is 2.28. The van der Waals surface area contributed by atoms with Crippen LogP contribution in [0.3, 0.4) is 0 Å². The Kier molecular flexibility index (Phi) is 12.1. The molecule has 6 heteroatoms. The molecule has 2 rings (SSSR count). The molecule has 2 N–H and O–H groups in total. The standard InChI is InChI=1S/C14H12O3.C9H18NO.BrH/c15-13(16)14(17,11-7-3-1-4-8-11)12-9-5-2-6-10-12;1-4-10(3,5-2)8-6-7-9-11;/h1-10,17H,(H,15,16);11H,4-5,8-9H2,1-3H3;1H/q;+1;/p-1. The molecule has 158 valence electrons. The second kappa shape index (κ2) is 13.1. The van der Waals surface area contributed by atoms with Crippen molar-refractivity contribution in [3.05, 3.63) is 71.8 Å². The van der Waals surface area contributed by atoms with Crippen molar-refractivity contribution in [1.82, 2.24) is 0 Å². The SMILES string of the molecule is Br.CC[N+](C)(CC)CC#CCO.O=C([O-])C(O)(c1ccccc1)c1ccccc1. The van der Waals surface area contributed by atoms with Crippen LogP contribution in [0.5, 0.6) is 0 Å². The van der Waals surface area contributed by atoms with Crippen molar-refractivity contribution >= 4 is 23.0 Å². The molecule has 0 aliphatic rings. The molecule has 0 amide bonds. The van der Waals surface area contributed by atoms with E-state index in [1.165, 1.54) is 0 Å². The summed E-state index contributed by atoms with van der Waals surface area (Å²) in [5, 5.41) is 30.1. The fourth-order valence-corrected chi connectivity index (χ4v) is 2.51. The smallest absolute Gasteiger partial charge is 0.154 e. The first kappa shape index (κ1) is 26.8. The normalized spacial score (nSPS) is 10.5. The number of benzene rings is 2. The van der Waals surface area contributed by atoms with E-state index in [1.54, 1.807) is 60.7 Å².